The van der Waals surface area contributed by atoms with Gasteiger partial charge >= 0.3 is 5.97 Å². The number of rotatable bonds is 12. The van der Waals surface area contributed by atoms with Crippen molar-refractivity contribution in [3.8, 4) is 0 Å². The second kappa shape index (κ2) is 11.6. The number of para-hydroxylation sites is 2. The number of unbranched alkanes of at least 4 members (excludes halogenated alkanes) is 1. The average Bonchev–Trinajstić information content (AvgIpc) is 3.11. The second-order valence-electron chi connectivity index (χ2n) is 7.47. The number of aromatic nitrogens is 2. The van der Waals surface area contributed by atoms with Gasteiger partial charge in [0.25, 0.3) is 0 Å². The lowest BCUT2D eigenvalue weighted by Gasteiger charge is -2.23. The number of nitrogens with zero attached hydrogens (tertiary/aromatic N) is 3. The van der Waals surface area contributed by atoms with E-state index in [9.17, 15) is 14.7 Å². The number of carbonyl (C=O) groups excluding carboxylic acids is 1. The normalized spacial score (nSPS) is 11.0. The highest BCUT2D eigenvalue weighted by atomic mass is 32.2. The van der Waals surface area contributed by atoms with E-state index in [4.69, 9.17) is 0 Å². The largest absolute Gasteiger partial charge is 0.480 e. The van der Waals surface area contributed by atoms with Gasteiger partial charge < -0.3 is 14.6 Å². The van der Waals surface area contributed by atoms with Crippen LogP contribution in [0.25, 0.3) is 11.0 Å². The Morgan fingerprint density at radius 2 is 1.81 bits per heavy atom. The van der Waals surface area contributed by atoms with Crippen molar-refractivity contribution in [2.24, 2.45) is 0 Å². The summed E-state index contributed by atoms with van der Waals surface area (Å²) >= 11 is 1.54. The number of amides is 1. The van der Waals surface area contributed by atoms with Crippen molar-refractivity contribution < 1.29 is 14.7 Å². The first kappa shape index (κ1) is 22.9. The summed E-state index contributed by atoms with van der Waals surface area (Å²) in [7, 11) is 0. The molecule has 2 aromatic carbocycles. The number of hydrogen-bond donors (Lipinski definition) is 1. The van der Waals surface area contributed by atoms with Crippen LogP contribution in [0.3, 0.4) is 0 Å². The molecular weight excluding hydrogens is 410 g/mol. The van der Waals surface area contributed by atoms with Crippen molar-refractivity contribution in [2.45, 2.75) is 50.9 Å². The molecule has 0 fully saturated rings. The third kappa shape index (κ3) is 6.59. The van der Waals surface area contributed by atoms with Crippen molar-refractivity contribution in [3.05, 3.63) is 60.2 Å². The summed E-state index contributed by atoms with van der Waals surface area (Å²) in [5.41, 5.74) is 2.75. The zero-order valence-electron chi connectivity index (χ0n) is 17.9. The number of carbonyl (C=O) groups is 2. The van der Waals surface area contributed by atoms with Gasteiger partial charge in [-0.1, -0.05) is 67.6 Å². The highest BCUT2D eigenvalue weighted by molar-refractivity contribution is 7.99. The zero-order valence-corrected chi connectivity index (χ0v) is 18.7. The third-order valence-corrected chi connectivity index (χ3v) is 6.09. The van der Waals surface area contributed by atoms with Crippen molar-refractivity contribution in [3.63, 3.8) is 0 Å². The van der Waals surface area contributed by atoms with Crippen molar-refractivity contribution in [1.29, 1.82) is 0 Å². The molecule has 164 valence electrons. The van der Waals surface area contributed by atoms with Gasteiger partial charge in [-0.25, -0.2) is 4.98 Å². The SMILES string of the molecule is CCCCC(=O)N(CCCSc1nc2ccccc2n1CC(=O)O)Cc1ccccc1. The molecule has 6 nitrogen and oxygen atoms in total. The fraction of sp³-hybridized carbons (Fsp3) is 0.375. The Hall–Kier alpha value is -2.80. The van der Waals surface area contributed by atoms with Gasteiger partial charge in [0.15, 0.2) is 5.16 Å². The zero-order chi connectivity index (χ0) is 22.1. The number of thioether (sulfide) groups is 1. The van der Waals surface area contributed by atoms with E-state index in [1.54, 1.807) is 16.3 Å². The molecule has 0 radical (unpaired) electrons. The molecule has 0 atom stereocenters. The standard InChI is InChI=1S/C24H29N3O3S/c1-2-3-14-22(28)26(17-19-10-5-4-6-11-19)15-9-16-31-24-25-20-12-7-8-13-21(20)27(24)18-23(29)30/h4-8,10-13H,2-3,9,14-18H2,1H3,(H,29,30). The number of aliphatic carboxylic acids is 1. The number of fused-ring (bicyclic) bond motifs is 1. The molecule has 0 aliphatic rings. The minimum Gasteiger partial charge on any atom is -0.480 e. The number of carboxylic acid groups (broad SMARTS) is 1. The van der Waals surface area contributed by atoms with E-state index < -0.39 is 5.97 Å². The van der Waals surface area contributed by atoms with Crippen LogP contribution in [-0.2, 0) is 22.7 Å². The Labute approximate surface area is 187 Å². The molecule has 0 spiro atoms. The Morgan fingerprint density at radius 1 is 1.06 bits per heavy atom. The quantitative estimate of drug-likeness (QED) is 0.323. The van der Waals surface area contributed by atoms with Gasteiger partial charge in [0.05, 0.1) is 11.0 Å². The number of imidazole rings is 1. The van der Waals surface area contributed by atoms with Crippen molar-refractivity contribution >= 4 is 34.7 Å². The van der Waals surface area contributed by atoms with E-state index in [0.29, 0.717) is 24.7 Å². The number of carboxylic acids is 1. The van der Waals surface area contributed by atoms with E-state index >= 15 is 0 Å². The molecule has 3 rings (SSSR count). The minimum absolute atomic E-state index is 0.113. The molecule has 1 amide bonds. The molecule has 1 N–H and O–H groups in total. The molecule has 0 bridgehead atoms. The first-order chi connectivity index (χ1) is 15.1. The van der Waals surface area contributed by atoms with E-state index in [-0.39, 0.29) is 12.5 Å². The highest BCUT2D eigenvalue weighted by Gasteiger charge is 2.16. The predicted molar refractivity (Wildman–Crippen MR) is 124 cm³/mol. The van der Waals surface area contributed by atoms with Crippen LogP contribution in [-0.4, -0.2) is 43.7 Å². The molecule has 0 unspecified atom stereocenters. The van der Waals surface area contributed by atoms with E-state index in [1.165, 1.54) is 0 Å². The molecular formula is C24H29N3O3S. The summed E-state index contributed by atoms with van der Waals surface area (Å²) in [6.07, 6.45) is 3.29. The summed E-state index contributed by atoms with van der Waals surface area (Å²) < 4.78 is 1.75. The molecule has 1 aromatic heterocycles. The molecule has 1 heterocycles. The maximum Gasteiger partial charge on any atom is 0.323 e. The maximum absolute atomic E-state index is 12.7. The molecule has 0 aliphatic carbocycles. The monoisotopic (exact) mass is 439 g/mol. The highest BCUT2D eigenvalue weighted by Crippen LogP contribution is 2.24. The Morgan fingerprint density at radius 3 is 2.55 bits per heavy atom. The fourth-order valence-corrected chi connectivity index (χ4v) is 4.39. The predicted octanol–water partition coefficient (Wildman–Crippen LogP) is 4.82. The topological polar surface area (TPSA) is 75.4 Å². The number of hydrogen-bond acceptors (Lipinski definition) is 4. The fourth-order valence-electron chi connectivity index (χ4n) is 3.45. The van der Waals surface area contributed by atoms with Gasteiger partial charge in [-0.15, -0.1) is 0 Å². The summed E-state index contributed by atoms with van der Waals surface area (Å²) in [6.45, 7) is 3.27. The van der Waals surface area contributed by atoms with Gasteiger partial charge in [-0.05, 0) is 30.5 Å². The minimum atomic E-state index is -0.888. The van der Waals surface area contributed by atoms with E-state index in [0.717, 1.165) is 41.6 Å². The lowest BCUT2D eigenvalue weighted by atomic mass is 10.2. The summed E-state index contributed by atoms with van der Waals surface area (Å²) in [5.74, 6) is 0.0596. The molecule has 0 saturated carbocycles. The lowest BCUT2D eigenvalue weighted by molar-refractivity contribution is -0.137. The van der Waals surface area contributed by atoms with Gasteiger partial charge in [0.2, 0.25) is 5.91 Å². The molecule has 31 heavy (non-hydrogen) atoms. The van der Waals surface area contributed by atoms with E-state index in [2.05, 4.69) is 11.9 Å². The van der Waals surface area contributed by atoms with Crippen LogP contribution in [0.15, 0.2) is 59.8 Å². The third-order valence-electron chi connectivity index (χ3n) is 5.03. The van der Waals surface area contributed by atoms with Crippen LogP contribution in [0.2, 0.25) is 0 Å². The van der Waals surface area contributed by atoms with Crippen LogP contribution in [0, 0.1) is 0 Å². The average molecular weight is 440 g/mol. The van der Waals surface area contributed by atoms with Gasteiger partial charge in [0.1, 0.15) is 6.54 Å². The van der Waals surface area contributed by atoms with Gasteiger partial charge in [0, 0.05) is 25.3 Å². The first-order valence-corrected chi connectivity index (χ1v) is 11.7. The molecule has 0 saturated heterocycles. The number of benzene rings is 2. The van der Waals surface area contributed by atoms with Crippen LogP contribution in [0.1, 0.15) is 38.2 Å². The second-order valence-corrected chi connectivity index (χ2v) is 8.53. The van der Waals surface area contributed by atoms with E-state index in [1.807, 2.05) is 59.5 Å². The summed E-state index contributed by atoms with van der Waals surface area (Å²) in [5, 5.41) is 9.99. The maximum atomic E-state index is 12.7. The smallest absolute Gasteiger partial charge is 0.323 e. The molecule has 3 aromatic rings. The Kier molecular flexibility index (Phi) is 8.53. The Bertz CT molecular complexity index is 1000. The van der Waals surface area contributed by atoms with Crippen LogP contribution in [0.5, 0.6) is 0 Å². The van der Waals surface area contributed by atoms with Gasteiger partial charge in [-0.3, -0.25) is 9.59 Å². The summed E-state index contributed by atoms with van der Waals surface area (Å²) in [4.78, 5) is 30.6. The van der Waals surface area contributed by atoms with Crippen LogP contribution >= 0.6 is 11.8 Å². The van der Waals surface area contributed by atoms with Crippen molar-refractivity contribution in [2.75, 3.05) is 12.3 Å². The van der Waals surface area contributed by atoms with Crippen molar-refractivity contribution in [1.82, 2.24) is 14.5 Å². The molecule has 0 aliphatic heterocycles. The molecule has 7 heteroatoms. The summed E-state index contributed by atoms with van der Waals surface area (Å²) in [6, 6.07) is 17.6. The van der Waals surface area contributed by atoms with Crippen LogP contribution in [0.4, 0.5) is 0 Å². The Balaban J connectivity index is 1.62. The lowest BCUT2D eigenvalue weighted by Crippen LogP contribution is -2.31. The first-order valence-electron chi connectivity index (χ1n) is 10.7. The van der Waals surface area contributed by atoms with Crippen LogP contribution < -0.4 is 0 Å². The van der Waals surface area contributed by atoms with Gasteiger partial charge in [-0.2, -0.15) is 0 Å².